The Morgan fingerprint density at radius 3 is 3.12 bits per heavy atom. The van der Waals surface area contributed by atoms with E-state index >= 15 is 0 Å². The molecule has 2 heterocycles. The number of aromatic nitrogens is 2. The molecule has 0 saturated carbocycles. The summed E-state index contributed by atoms with van der Waals surface area (Å²) in [4.78, 5) is 19.8. The molecule has 1 atom stereocenters. The zero-order valence-electron chi connectivity index (χ0n) is 9.37. The molecule has 0 radical (unpaired) electrons. The van der Waals surface area contributed by atoms with Gasteiger partial charge in [0.2, 0.25) is 11.8 Å². The summed E-state index contributed by atoms with van der Waals surface area (Å²) >= 11 is 0. The first-order chi connectivity index (χ1) is 8.08. The molecule has 92 valence electrons. The summed E-state index contributed by atoms with van der Waals surface area (Å²) in [6.07, 6.45) is 1.15. The number of anilines is 2. The molecule has 0 aromatic carbocycles. The van der Waals surface area contributed by atoms with Crippen molar-refractivity contribution in [1.82, 2.24) is 9.97 Å². The van der Waals surface area contributed by atoms with Crippen LogP contribution in [0, 0.1) is 10.1 Å². The van der Waals surface area contributed by atoms with Crippen LogP contribution in [0.5, 0.6) is 0 Å². The van der Waals surface area contributed by atoms with Crippen molar-refractivity contribution in [2.24, 2.45) is 0 Å². The summed E-state index contributed by atoms with van der Waals surface area (Å²) in [5.41, 5.74) is 5.34. The number of ether oxygens (including phenoxy) is 1. The standard InChI is InChI=1S/C9H13N5O3/c1-6-5-13(2-3-17-6)8-7(14(15)16)4-11-9(10)12-8/h4,6H,2-3,5H2,1H3,(H2,10,11,12). The summed E-state index contributed by atoms with van der Waals surface area (Å²) in [7, 11) is 0. The fraction of sp³-hybridized carbons (Fsp3) is 0.556. The Morgan fingerprint density at radius 2 is 2.47 bits per heavy atom. The Morgan fingerprint density at radius 1 is 1.71 bits per heavy atom. The van der Waals surface area contributed by atoms with E-state index < -0.39 is 4.92 Å². The first-order valence-electron chi connectivity index (χ1n) is 5.21. The molecule has 0 aliphatic carbocycles. The fourth-order valence-electron chi connectivity index (χ4n) is 1.75. The number of nitrogens with two attached hydrogens (primary N) is 1. The van der Waals surface area contributed by atoms with Crippen LogP contribution in [-0.4, -0.2) is 40.7 Å². The molecule has 1 aromatic rings. The van der Waals surface area contributed by atoms with Crippen molar-refractivity contribution in [3.05, 3.63) is 16.3 Å². The number of morpholine rings is 1. The van der Waals surface area contributed by atoms with E-state index in [2.05, 4.69) is 9.97 Å². The summed E-state index contributed by atoms with van der Waals surface area (Å²) < 4.78 is 5.37. The van der Waals surface area contributed by atoms with Crippen molar-refractivity contribution in [1.29, 1.82) is 0 Å². The van der Waals surface area contributed by atoms with Gasteiger partial charge in [-0.25, -0.2) is 4.98 Å². The van der Waals surface area contributed by atoms with Gasteiger partial charge in [-0.2, -0.15) is 4.98 Å². The van der Waals surface area contributed by atoms with Gasteiger partial charge in [-0.1, -0.05) is 0 Å². The van der Waals surface area contributed by atoms with Gasteiger partial charge >= 0.3 is 5.69 Å². The van der Waals surface area contributed by atoms with Gasteiger partial charge < -0.3 is 15.4 Å². The van der Waals surface area contributed by atoms with Crippen LogP contribution >= 0.6 is 0 Å². The van der Waals surface area contributed by atoms with Gasteiger partial charge in [0, 0.05) is 13.1 Å². The lowest BCUT2D eigenvalue weighted by molar-refractivity contribution is -0.384. The number of nitro groups is 1. The number of rotatable bonds is 2. The Balaban J connectivity index is 2.35. The molecular weight excluding hydrogens is 226 g/mol. The molecule has 8 nitrogen and oxygen atoms in total. The maximum atomic E-state index is 10.9. The molecule has 1 saturated heterocycles. The van der Waals surface area contributed by atoms with E-state index in [9.17, 15) is 10.1 Å². The van der Waals surface area contributed by atoms with Crippen molar-refractivity contribution in [2.75, 3.05) is 30.3 Å². The molecule has 8 heteroatoms. The van der Waals surface area contributed by atoms with Crippen LogP contribution in [0.15, 0.2) is 6.20 Å². The predicted octanol–water partition coefficient (Wildman–Crippen LogP) is 0.192. The molecule has 0 spiro atoms. The van der Waals surface area contributed by atoms with Gasteiger partial charge in [-0.15, -0.1) is 0 Å². The molecular formula is C9H13N5O3. The Hall–Kier alpha value is -1.96. The van der Waals surface area contributed by atoms with Gasteiger partial charge in [0.15, 0.2) is 0 Å². The molecule has 17 heavy (non-hydrogen) atoms. The zero-order valence-corrected chi connectivity index (χ0v) is 9.37. The van der Waals surface area contributed by atoms with E-state index in [0.717, 1.165) is 6.20 Å². The second-order valence-corrected chi connectivity index (χ2v) is 3.82. The SMILES string of the molecule is CC1CN(c2nc(N)ncc2[N+](=O)[O-])CCO1. The van der Waals surface area contributed by atoms with Crippen molar-refractivity contribution in [3.63, 3.8) is 0 Å². The van der Waals surface area contributed by atoms with E-state index in [4.69, 9.17) is 10.5 Å². The first-order valence-corrected chi connectivity index (χ1v) is 5.21. The Kier molecular flexibility index (Phi) is 3.05. The predicted molar refractivity (Wildman–Crippen MR) is 60.7 cm³/mol. The molecule has 1 aliphatic rings. The van der Waals surface area contributed by atoms with Crippen LogP contribution in [-0.2, 0) is 4.74 Å². The highest BCUT2D eigenvalue weighted by Crippen LogP contribution is 2.26. The van der Waals surface area contributed by atoms with Crippen LogP contribution in [0.2, 0.25) is 0 Å². The van der Waals surface area contributed by atoms with Gasteiger partial charge in [0.1, 0.15) is 6.20 Å². The second kappa shape index (κ2) is 4.50. The summed E-state index contributed by atoms with van der Waals surface area (Å²) in [5, 5.41) is 10.9. The van der Waals surface area contributed by atoms with E-state index in [0.29, 0.717) is 19.7 Å². The molecule has 2 N–H and O–H groups in total. The van der Waals surface area contributed by atoms with Crippen LogP contribution in [0.3, 0.4) is 0 Å². The van der Waals surface area contributed by atoms with Crippen LogP contribution in [0.4, 0.5) is 17.5 Å². The Labute approximate surface area is 97.6 Å². The van der Waals surface area contributed by atoms with Crippen molar-refractivity contribution < 1.29 is 9.66 Å². The van der Waals surface area contributed by atoms with E-state index in [1.54, 1.807) is 4.90 Å². The zero-order chi connectivity index (χ0) is 12.4. The average molecular weight is 239 g/mol. The van der Waals surface area contributed by atoms with E-state index in [-0.39, 0.29) is 23.6 Å². The summed E-state index contributed by atoms with van der Waals surface area (Å²) in [6.45, 7) is 3.53. The third-order valence-electron chi connectivity index (χ3n) is 2.51. The maximum Gasteiger partial charge on any atom is 0.329 e. The lowest BCUT2D eigenvalue weighted by Gasteiger charge is -2.31. The number of nitrogen functional groups attached to an aromatic ring is 1. The van der Waals surface area contributed by atoms with E-state index in [1.165, 1.54) is 0 Å². The smallest absolute Gasteiger partial charge is 0.329 e. The lowest BCUT2D eigenvalue weighted by atomic mass is 10.3. The van der Waals surface area contributed by atoms with Crippen molar-refractivity contribution >= 4 is 17.5 Å². The van der Waals surface area contributed by atoms with E-state index in [1.807, 2.05) is 6.92 Å². The molecule has 1 aliphatic heterocycles. The van der Waals surface area contributed by atoms with Crippen LogP contribution in [0.1, 0.15) is 6.92 Å². The molecule has 0 bridgehead atoms. The van der Waals surface area contributed by atoms with Crippen molar-refractivity contribution in [2.45, 2.75) is 13.0 Å². The van der Waals surface area contributed by atoms with Gasteiger partial charge in [0.05, 0.1) is 17.6 Å². The number of hydrogen-bond donors (Lipinski definition) is 1. The quantitative estimate of drug-likeness (QED) is 0.579. The minimum Gasteiger partial charge on any atom is -0.375 e. The fourth-order valence-corrected chi connectivity index (χ4v) is 1.75. The second-order valence-electron chi connectivity index (χ2n) is 3.82. The topological polar surface area (TPSA) is 107 Å². The highest BCUT2D eigenvalue weighted by molar-refractivity contribution is 5.58. The normalized spacial score (nSPS) is 20.3. The molecule has 0 amide bonds. The molecule has 1 fully saturated rings. The van der Waals surface area contributed by atoms with Gasteiger partial charge in [-0.3, -0.25) is 10.1 Å². The van der Waals surface area contributed by atoms with Crippen LogP contribution < -0.4 is 10.6 Å². The maximum absolute atomic E-state index is 10.9. The average Bonchev–Trinajstić information content (AvgIpc) is 2.28. The summed E-state index contributed by atoms with van der Waals surface area (Å²) in [5.74, 6) is 0.294. The monoisotopic (exact) mass is 239 g/mol. The van der Waals surface area contributed by atoms with Crippen LogP contribution in [0.25, 0.3) is 0 Å². The third-order valence-corrected chi connectivity index (χ3v) is 2.51. The van der Waals surface area contributed by atoms with Gasteiger partial charge in [-0.05, 0) is 6.92 Å². The molecule has 2 rings (SSSR count). The minimum absolute atomic E-state index is 0.0135. The highest BCUT2D eigenvalue weighted by Gasteiger charge is 2.26. The lowest BCUT2D eigenvalue weighted by Crippen LogP contribution is -2.41. The largest absolute Gasteiger partial charge is 0.375 e. The molecule has 1 aromatic heterocycles. The van der Waals surface area contributed by atoms with Gasteiger partial charge in [0.25, 0.3) is 0 Å². The number of nitrogens with zero attached hydrogens (tertiary/aromatic N) is 4. The summed E-state index contributed by atoms with van der Waals surface area (Å²) in [6, 6.07) is 0. The Bertz CT molecular complexity index is 439. The minimum atomic E-state index is -0.505. The third kappa shape index (κ3) is 2.41. The van der Waals surface area contributed by atoms with Crippen molar-refractivity contribution in [3.8, 4) is 0 Å². The first kappa shape index (κ1) is 11.5. The number of hydrogen-bond acceptors (Lipinski definition) is 7. The highest BCUT2D eigenvalue weighted by atomic mass is 16.6. The molecule has 1 unspecified atom stereocenters.